The first-order valence-electron chi connectivity index (χ1n) is 23.6. The summed E-state index contributed by atoms with van der Waals surface area (Å²) < 4.78 is 32.1. The highest BCUT2D eigenvalue weighted by atomic mass is 16.6. The van der Waals surface area contributed by atoms with Crippen molar-refractivity contribution in [2.24, 2.45) is 11.8 Å². The van der Waals surface area contributed by atoms with Gasteiger partial charge in [0.25, 0.3) is 0 Å². The third-order valence-electron chi connectivity index (χ3n) is 10.3. The maximum Gasteiger partial charge on any atom is 0.144 e. The molecular weight excluding hydrogens is 729 g/mol. The third-order valence-corrected chi connectivity index (χ3v) is 10.3. The van der Waals surface area contributed by atoms with Crippen LogP contribution in [0.2, 0.25) is 0 Å². The molecule has 4 atom stereocenters. The normalized spacial score (nSPS) is 14.3. The van der Waals surface area contributed by atoms with Crippen molar-refractivity contribution in [2.45, 2.75) is 206 Å². The first kappa shape index (κ1) is 58.4. The SMILES string of the molecule is CCCCCCC(O)C/C=C/C(CC=COC(COC)COC)CCCCCC.CCCCCCC(O)C/C=C/C(CC=COC(COC)COC)CCCCCC. The quantitative estimate of drug-likeness (QED) is 0.0357. The van der Waals surface area contributed by atoms with Crippen LogP contribution in [0.25, 0.3) is 0 Å². The number of unbranched alkanes of at least 4 members (excludes halogenated alkanes) is 12. The van der Waals surface area contributed by atoms with Crippen molar-refractivity contribution in [3.63, 3.8) is 0 Å². The number of aliphatic hydroxyl groups excluding tert-OH is 2. The minimum Gasteiger partial charge on any atom is -0.494 e. The maximum absolute atomic E-state index is 10.2. The first-order valence-corrected chi connectivity index (χ1v) is 23.6. The van der Waals surface area contributed by atoms with Crippen molar-refractivity contribution in [1.29, 1.82) is 0 Å². The molecule has 0 saturated heterocycles. The van der Waals surface area contributed by atoms with E-state index in [1.807, 2.05) is 0 Å². The lowest BCUT2D eigenvalue weighted by Gasteiger charge is -2.15. The molecule has 0 aromatic heterocycles. The van der Waals surface area contributed by atoms with Crippen LogP contribution in [0.15, 0.2) is 49.0 Å². The maximum atomic E-state index is 10.2. The number of aliphatic hydroxyl groups is 2. The summed E-state index contributed by atoms with van der Waals surface area (Å²) in [6, 6.07) is 0. The van der Waals surface area contributed by atoms with Gasteiger partial charge >= 0.3 is 0 Å². The Bertz CT molecular complexity index is 822. The van der Waals surface area contributed by atoms with Crippen LogP contribution in [0, 0.1) is 11.8 Å². The topological polar surface area (TPSA) is 95.8 Å². The van der Waals surface area contributed by atoms with Gasteiger partial charge in [0.2, 0.25) is 0 Å². The molecule has 8 nitrogen and oxygen atoms in total. The summed E-state index contributed by atoms with van der Waals surface area (Å²) in [6.45, 7) is 11.0. The molecule has 0 radical (unpaired) electrons. The molecule has 0 aromatic carbocycles. The van der Waals surface area contributed by atoms with E-state index in [2.05, 4.69) is 64.2 Å². The van der Waals surface area contributed by atoms with Gasteiger partial charge in [-0.2, -0.15) is 0 Å². The molecule has 0 amide bonds. The summed E-state index contributed by atoms with van der Waals surface area (Å²) in [7, 11) is 6.69. The predicted molar refractivity (Wildman–Crippen MR) is 246 cm³/mol. The second-order valence-corrected chi connectivity index (χ2v) is 16.1. The standard InChI is InChI=1S/2C25H48O4/c2*1-5-7-9-11-15-23(16-13-19-24(26)18-12-10-8-6-2)17-14-20-29-25(21-27-3)22-28-4/h2*13-14,16,20,23-26H,5-12,15,17-19,21-22H2,1-4H3/b2*16-13+,20-14?. The number of rotatable bonds is 42. The molecule has 0 aliphatic carbocycles. The smallest absolute Gasteiger partial charge is 0.144 e. The Hall–Kier alpha value is -1.68. The Morgan fingerprint density at radius 1 is 0.379 bits per heavy atom. The van der Waals surface area contributed by atoms with Crippen molar-refractivity contribution in [3.05, 3.63) is 49.0 Å². The lowest BCUT2D eigenvalue weighted by atomic mass is 9.96. The summed E-state index contributed by atoms with van der Waals surface area (Å²) in [5.74, 6) is 1.00. The predicted octanol–water partition coefficient (Wildman–Crippen LogP) is 12.9. The van der Waals surface area contributed by atoms with E-state index in [0.29, 0.717) is 38.3 Å². The van der Waals surface area contributed by atoms with Crippen molar-refractivity contribution < 1.29 is 38.6 Å². The molecule has 0 fully saturated rings. The Morgan fingerprint density at radius 3 is 0.983 bits per heavy atom. The lowest BCUT2D eigenvalue weighted by Crippen LogP contribution is -2.22. The summed E-state index contributed by atoms with van der Waals surface area (Å²) >= 11 is 0. The van der Waals surface area contributed by atoms with Crippen LogP contribution in [-0.2, 0) is 28.4 Å². The van der Waals surface area contributed by atoms with Crippen molar-refractivity contribution >= 4 is 0 Å². The molecule has 58 heavy (non-hydrogen) atoms. The van der Waals surface area contributed by atoms with Gasteiger partial charge in [0.05, 0.1) is 51.2 Å². The highest BCUT2D eigenvalue weighted by Gasteiger charge is 2.10. The van der Waals surface area contributed by atoms with Crippen LogP contribution < -0.4 is 0 Å². The van der Waals surface area contributed by atoms with Gasteiger partial charge in [0.15, 0.2) is 0 Å². The Kier molecular flexibility index (Phi) is 48.3. The molecule has 8 heteroatoms. The zero-order valence-electron chi connectivity index (χ0n) is 39.2. The molecule has 0 aromatic rings. The van der Waals surface area contributed by atoms with Gasteiger partial charge in [-0.05, 0) is 75.4 Å². The summed E-state index contributed by atoms with van der Waals surface area (Å²) in [5.41, 5.74) is 0. The molecule has 0 spiro atoms. The van der Waals surface area contributed by atoms with E-state index in [1.54, 1.807) is 41.0 Å². The Balaban J connectivity index is 0. The molecule has 4 unspecified atom stereocenters. The Morgan fingerprint density at radius 2 is 0.690 bits per heavy atom. The fourth-order valence-electron chi connectivity index (χ4n) is 6.75. The van der Waals surface area contributed by atoms with Crippen molar-refractivity contribution in [1.82, 2.24) is 0 Å². The zero-order valence-corrected chi connectivity index (χ0v) is 39.2. The molecular formula is C50H96O8. The monoisotopic (exact) mass is 825 g/mol. The van der Waals surface area contributed by atoms with Crippen LogP contribution in [0.5, 0.6) is 0 Å². The van der Waals surface area contributed by atoms with Gasteiger partial charge in [-0.15, -0.1) is 0 Å². The number of methoxy groups -OCH3 is 4. The van der Waals surface area contributed by atoms with Gasteiger partial charge in [-0.1, -0.05) is 155 Å². The first-order chi connectivity index (χ1) is 28.3. The fraction of sp³-hybridized carbons (Fsp3) is 0.840. The molecule has 0 saturated carbocycles. The van der Waals surface area contributed by atoms with Gasteiger partial charge in [-0.3, -0.25) is 0 Å². The molecule has 0 aliphatic heterocycles. The second kappa shape index (κ2) is 48.0. The van der Waals surface area contributed by atoms with E-state index >= 15 is 0 Å². The van der Waals surface area contributed by atoms with E-state index in [0.717, 1.165) is 51.4 Å². The van der Waals surface area contributed by atoms with E-state index in [1.165, 1.54) is 103 Å². The largest absolute Gasteiger partial charge is 0.494 e. The average Bonchev–Trinajstić information content (AvgIpc) is 3.21. The highest BCUT2D eigenvalue weighted by Crippen LogP contribution is 2.20. The Labute approximate surface area is 359 Å². The van der Waals surface area contributed by atoms with Crippen LogP contribution in [0.3, 0.4) is 0 Å². The van der Waals surface area contributed by atoms with Crippen LogP contribution in [0.4, 0.5) is 0 Å². The van der Waals surface area contributed by atoms with E-state index in [9.17, 15) is 10.2 Å². The minimum absolute atomic E-state index is 0.0670. The average molecular weight is 825 g/mol. The number of allylic oxidation sites excluding steroid dienone is 4. The lowest BCUT2D eigenvalue weighted by molar-refractivity contribution is 0.000187. The molecule has 0 heterocycles. The molecule has 2 N–H and O–H groups in total. The van der Waals surface area contributed by atoms with Gasteiger partial charge in [0.1, 0.15) is 12.2 Å². The number of ether oxygens (including phenoxy) is 6. The number of hydrogen-bond acceptors (Lipinski definition) is 8. The van der Waals surface area contributed by atoms with Gasteiger partial charge < -0.3 is 38.6 Å². The zero-order chi connectivity index (χ0) is 43.2. The van der Waals surface area contributed by atoms with Crippen LogP contribution >= 0.6 is 0 Å². The van der Waals surface area contributed by atoms with Crippen LogP contribution in [-0.4, -0.2) is 89.5 Å². The fourth-order valence-corrected chi connectivity index (χ4v) is 6.75. The second-order valence-electron chi connectivity index (χ2n) is 16.1. The van der Waals surface area contributed by atoms with Crippen LogP contribution in [0.1, 0.15) is 182 Å². The van der Waals surface area contributed by atoms with Gasteiger partial charge in [-0.25, -0.2) is 0 Å². The van der Waals surface area contributed by atoms with E-state index < -0.39 is 0 Å². The highest BCUT2D eigenvalue weighted by molar-refractivity contribution is 4.95. The van der Waals surface area contributed by atoms with Crippen molar-refractivity contribution in [3.8, 4) is 0 Å². The van der Waals surface area contributed by atoms with E-state index in [-0.39, 0.29) is 24.4 Å². The van der Waals surface area contributed by atoms with Gasteiger partial charge in [0, 0.05) is 28.4 Å². The summed E-state index contributed by atoms with van der Waals surface area (Å²) in [6.07, 6.45) is 43.9. The molecule has 0 bridgehead atoms. The molecule has 0 aliphatic rings. The van der Waals surface area contributed by atoms with E-state index in [4.69, 9.17) is 28.4 Å². The third kappa shape index (κ3) is 42.4. The summed E-state index contributed by atoms with van der Waals surface area (Å²) in [4.78, 5) is 0. The number of hydrogen-bond donors (Lipinski definition) is 2. The molecule has 0 rings (SSSR count). The summed E-state index contributed by atoms with van der Waals surface area (Å²) in [5, 5.41) is 20.3. The minimum atomic E-state index is -0.202. The molecule has 344 valence electrons. The van der Waals surface area contributed by atoms with Crippen molar-refractivity contribution in [2.75, 3.05) is 54.9 Å².